The summed E-state index contributed by atoms with van der Waals surface area (Å²) in [5, 5.41) is 0. The fourth-order valence-corrected chi connectivity index (χ4v) is 1.57. The van der Waals surface area contributed by atoms with Gasteiger partial charge >= 0.3 is 0 Å². The largest absolute Gasteiger partial charge is 0.294 e. The summed E-state index contributed by atoms with van der Waals surface area (Å²) >= 11 is 0. The van der Waals surface area contributed by atoms with E-state index in [1.54, 1.807) is 25.1 Å². The highest BCUT2D eigenvalue weighted by Crippen LogP contribution is 2.12. The number of hydrogen-bond acceptors (Lipinski definition) is 2. The van der Waals surface area contributed by atoms with Crippen LogP contribution < -0.4 is 0 Å². The predicted octanol–water partition coefficient (Wildman–Crippen LogP) is 1.30. The van der Waals surface area contributed by atoms with Crippen molar-refractivity contribution in [2.45, 2.75) is 11.8 Å². The molecule has 0 amide bonds. The normalized spacial score (nSPS) is 10.5. The van der Waals surface area contributed by atoms with E-state index < -0.39 is 10.1 Å². The van der Waals surface area contributed by atoms with Crippen molar-refractivity contribution in [3.05, 3.63) is 29.8 Å². The van der Waals surface area contributed by atoms with Crippen LogP contribution in [0.4, 0.5) is 0 Å². The Morgan fingerprint density at radius 1 is 1.25 bits per heavy atom. The molecular formula is C7H11O3PS. The van der Waals surface area contributed by atoms with E-state index in [0.717, 1.165) is 0 Å². The van der Waals surface area contributed by atoms with Crippen LogP contribution >= 0.6 is 9.90 Å². The van der Waals surface area contributed by atoms with Gasteiger partial charge in [-0.1, -0.05) is 18.2 Å². The van der Waals surface area contributed by atoms with E-state index in [0.29, 0.717) is 5.56 Å². The van der Waals surface area contributed by atoms with Gasteiger partial charge < -0.3 is 0 Å². The van der Waals surface area contributed by atoms with Gasteiger partial charge in [-0.2, -0.15) is 18.3 Å². The Kier molecular flexibility index (Phi) is 3.84. The lowest BCUT2D eigenvalue weighted by molar-refractivity contribution is 0.482. The molecule has 0 spiro atoms. The minimum Gasteiger partial charge on any atom is -0.282 e. The van der Waals surface area contributed by atoms with Gasteiger partial charge in [0.2, 0.25) is 0 Å². The van der Waals surface area contributed by atoms with Gasteiger partial charge in [0.1, 0.15) is 0 Å². The molecule has 1 aromatic carbocycles. The zero-order chi connectivity index (χ0) is 8.48. The summed E-state index contributed by atoms with van der Waals surface area (Å²) in [6, 6.07) is 6.27. The second-order valence-electron chi connectivity index (χ2n) is 2.24. The minimum absolute atomic E-state index is 0. The van der Waals surface area contributed by atoms with Gasteiger partial charge in [-0.25, -0.2) is 0 Å². The molecule has 1 atom stereocenters. The summed E-state index contributed by atoms with van der Waals surface area (Å²) in [6.07, 6.45) is 0. The van der Waals surface area contributed by atoms with E-state index in [1.165, 1.54) is 6.07 Å². The molecule has 0 bridgehead atoms. The number of aryl methyl sites for hydroxylation is 1. The van der Waals surface area contributed by atoms with Crippen LogP contribution in [0.2, 0.25) is 0 Å². The highest BCUT2D eigenvalue weighted by atomic mass is 32.2. The van der Waals surface area contributed by atoms with Crippen LogP contribution in [0.5, 0.6) is 0 Å². The van der Waals surface area contributed by atoms with Crippen molar-refractivity contribution in [3.63, 3.8) is 0 Å². The quantitative estimate of drug-likeness (QED) is 0.556. The lowest BCUT2D eigenvalue weighted by atomic mass is 10.2. The van der Waals surface area contributed by atoms with Gasteiger partial charge in [-0.3, -0.25) is 4.55 Å². The van der Waals surface area contributed by atoms with E-state index in [2.05, 4.69) is 0 Å². The Hall–Kier alpha value is -0.440. The maximum absolute atomic E-state index is 10.6. The van der Waals surface area contributed by atoms with Gasteiger partial charge in [0.05, 0.1) is 4.90 Å². The second kappa shape index (κ2) is 3.99. The molecule has 3 nitrogen and oxygen atoms in total. The van der Waals surface area contributed by atoms with Crippen molar-refractivity contribution in [2.75, 3.05) is 0 Å². The first-order chi connectivity index (χ1) is 5.02. The zero-order valence-corrected chi connectivity index (χ0v) is 8.92. The van der Waals surface area contributed by atoms with Crippen LogP contribution in [0.1, 0.15) is 5.56 Å². The van der Waals surface area contributed by atoms with E-state index >= 15 is 0 Å². The molecule has 0 heterocycles. The molecule has 68 valence electrons. The molecule has 1 rings (SSSR count). The van der Waals surface area contributed by atoms with Crippen LogP contribution in [0.3, 0.4) is 0 Å². The summed E-state index contributed by atoms with van der Waals surface area (Å²) in [7, 11) is -4.03. The molecule has 0 aliphatic rings. The number of rotatable bonds is 1. The first-order valence-electron chi connectivity index (χ1n) is 3.05. The molecule has 0 aromatic heterocycles. The van der Waals surface area contributed by atoms with Crippen molar-refractivity contribution < 1.29 is 13.0 Å². The van der Waals surface area contributed by atoms with Crippen LogP contribution in [-0.2, 0) is 10.1 Å². The average molecular weight is 206 g/mol. The highest BCUT2D eigenvalue weighted by Gasteiger charge is 2.10. The van der Waals surface area contributed by atoms with Gasteiger partial charge in [-0.05, 0) is 18.6 Å². The molecule has 1 N–H and O–H groups in total. The summed E-state index contributed by atoms with van der Waals surface area (Å²) in [6.45, 7) is 1.63. The molecule has 5 heteroatoms. The lowest BCUT2D eigenvalue weighted by Crippen LogP contribution is -1.99. The predicted molar refractivity (Wildman–Crippen MR) is 52.1 cm³/mol. The number of hydrogen-bond donors (Lipinski definition) is 1. The fourth-order valence-electron chi connectivity index (χ4n) is 0.846. The molecular weight excluding hydrogens is 195 g/mol. The molecule has 12 heavy (non-hydrogen) atoms. The molecule has 0 aliphatic carbocycles. The average Bonchev–Trinajstić information content (AvgIpc) is 1.86. The fraction of sp³-hybridized carbons (Fsp3) is 0.143. The zero-order valence-electron chi connectivity index (χ0n) is 6.69. The van der Waals surface area contributed by atoms with Gasteiger partial charge in [-0.15, -0.1) is 0 Å². The smallest absolute Gasteiger partial charge is 0.282 e. The van der Waals surface area contributed by atoms with Crippen molar-refractivity contribution in [1.29, 1.82) is 0 Å². The first kappa shape index (κ1) is 11.6. The summed E-state index contributed by atoms with van der Waals surface area (Å²) in [5.74, 6) is 0. The van der Waals surface area contributed by atoms with Crippen molar-refractivity contribution in [3.8, 4) is 0 Å². The molecule has 1 aromatic rings. The topological polar surface area (TPSA) is 54.4 Å². The third-order valence-electron chi connectivity index (χ3n) is 1.37. The lowest BCUT2D eigenvalue weighted by Gasteiger charge is -1.99. The Morgan fingerprint density at radius 2 is 1.75 bits per heavy atom. The molecule has 0 saturated heterocycles. The van der Waals surface area contributed by atoms with Gasteiger partial charge in [0.15, 0.2) is 0 Å². The van der Waals surface area contributed by atoms with Crippen molar-refractivity contribution >= 4 is 20.0 Å². The van der Waals surface area contributed by atoms with E-state index in [-0.39, 0.29) is 14.8 Å². The third kappa shape index (κ3) is 2.55. The summed E-state index contributed by atoms with van der Waals surface area (Å²) < 4.78 is 29.9. The van der Waals surface area contributed by atoms with Crippen molar-refractivity contribution in [2.24, 2.45) is 0 Å². The molecule has 0 saturated carbocycles. The Morgan fingerprint density at radius 3 is 2.08 bits per heavy atom. The molecule has 0 fully saturated rings. The first-order valence-corrected chi connectivity index (χ1v) is 4.49. The Labute approximate surface area is 75.2 Å². The molecule has 0 radical (unpaired) electrons. The molecule has 1 unspecified atom stereocenters. The van der Waals surface area contributed by atoms with E-state index in [9.17, 15) is 8.42 Å². The van der Waals surface area contributed by atoms with Crippen molar-refractivity contribution in [1.82, 2.24) is 0 Å². The van der Waals surface area contributed by atoms with Crippen LogP contribution in [0.15, 0.2) is 29.2 Å². The number of benzene rings is 1. The SMILES string of the molecule is Cc1ccccc1S(=O)(=O)O.P. The van der Waals surface area contributed by atoms with Crippen LogP contribution in [0.25, 0.3) is 0 Å². The maximum Gasteiger partial charge on any atom is 0.294 e. The third-order valence-corrected chi connectivity index (χ3v) is 2.39. The second-order valence-corrected chi connectivity index (χ2v) is 3.63. The summed E-state index contributed by atoms with van der Waals surface area (Å²) in [4.78, 5) is -0.0278. The van der Waals surface area contributed by atoms with Gasteiger partial charge in [0.25, 0.3) is 10.1 Å². The Bertz CT molecular complexity index is 359. The van der Waals surface area contributed by atoms with E-state index in [4.69, 9.17) is 4.55 Å². The van der Waals surface area contributed by atoms with Crippen LogP contribution in [-0.4, -0.2) is 13.0 Å². The Balaban J connectivity index is 0.00000121. The summed E-state index contributed by atoms with van der Waals surface area (Å²) in [5.41, 5.74) is 0.551. The van der Waals surface area contributed by atoms with Gasteiger partial charge in [0, 0.05) is 0 Å². The monoisotopic (exact) mass is 206 g/mol. The van der Waals surface area contributed by atoms with E-state index in [1.807, 2.05) is 0 Å². The standard InChI is InChI=1S/C7H8O3S.H3P/c1-6-4-2-3-5-7(6)11(8,9)10;/h2-5H,1H3,(H,8,9,10);1H3. The maximum atomic E-state index is 10.6. The molecule has 0 aliphatic heterocycles. The van der Waals surface area contributed by atoms with Crippen LogP contribution in [0, 0.1) is 6.92 Å². The highest BCUT2D eigenvalue weighted by molar-refractivity contribution is 7.85. The minimum atomic E-state index is -4.03.